The van der Waals surface area contributed by atoms with Gasteiger partial charge in [0, 0.05) is 30.0 Å². The molecular formula is C23H25ClN4O3S. The Balaban J connectivity index is 1.40. The number of halogens is 1. The fraction of sp³-hybridized carbons (Fsp3) is 0.304. The molecule has 0 atom stereocenters. The Hall–Kier alpha value is -2.68. The second-order valence-electron chi connectivity index (χ2n) is 8.08. The lowest BCUT2D eigenvalue weighted by Gasteiger charge is -2.29. The molecule has 1 N–H and O–H groups in total. The largest absolute Gasteiger partial charge is 0.322 e. The molecule has 3 aromatic rings. The highest BCUT2D eigenvalue weighted by Crippen LogP contribution is 2.24. The smallest absolute Gasteiger partial charge is 0.258 e. The summed E-state index contributed by atoms with van der Waals surface area (Å²) in [7, 11) is -3.52. The summed E-state index contributed by atoms with van der Waals surface area (Å²) in [4.78, 5) is 12.8. The average Bonchev–Trinajstić information content (AvgIpc) is 3.25. The van der Waals surface area contributed by atoms with Crippen LogP contribution in [0.5, 0.6) is 0 Å². The van der Waals surface area contributed by atoms with Crippen molar-refractivity contribution in [1.82, 2.24) is 14.1 Å². The predicted molar refractivity (Wildman–Crippen MR) is 124 cm³/mol. The Kier molecular flexibility index (Phi) is 6.64. The molecule has 9 heteroatoms. The van der Waals surface area contributed by atoms with Crippen LogP contribution >= 0.6 is 11.6 Å². The third kappa shape index (κ3) is 5.03. The first-order valence-corrected chi connectivity index (χ1v) is 12.3. The van der Waals surface area contributed by atoms with E-state index in [2.05, 4.69) is 17.3 Å². The van der Waals surface area contributed by atoms with E-state index < -0.39 is 10.0 Å². The maximum atomic E-state index is 12.8. The van der Waals surface area contributed by atoms with Gasteiger partial charge in [0.15, 0.2) is 0 Å². The molecule has 1 aliphatic rings. The lowest BCUT2D eigenvalue weighted by Crippen LogP contribution is -2.37. The monoisotopic (exact) mass is 472 g/mol. The zero-order valence-corrected chi connectivity index (χ0v) is 19.3. The van der Waals surface area contributed by atoms with Gasteiger partial charge in [0.25, 0.3) is 5.91 Å². The molecule has 0 unspecified atom stereocenters. The molecule has 1 fully saturated rings. The van der Waals surface area contributed by atoms with E-state index in [-0.39, 0.29) is 10.8 Å². The molecule has 1 aliphatic heterocycles. The number of benzene rings is 2. The molecule has 0 bridgehead atoms. The van der Waals surface area contributed by atoms with E-state index in [0.717, 1.165) is 18.4 Å². The number of aromatic nitrogens is 2. The van der Waals surface area contributed by atoms with Gasteiger partial charge in [-0.15, -0.1) is 0 Å². The Morgan fingerprint density at radius 3 is 2.50 bits per heavy atom. The summed E-state index contributed by atoms with van der Waals surface area (Å²) in [6.07, 6.45) is 4.88. The average molecular weight is 473 g/mol. The lowest BCUT2D eigenvalue weighted by molar-refractivity contribution is 0.102. The van der Waals surface area contributed by atoms with Crippen LogP contribution in [-0.4, -0.2) is 41.5 Å². The minimum Gasteiger partial charge on any atom is -0.322 e. The Morgan fingerprint density at radius 1 is 1.12 bits per heavy atom. The maximum absolute atomic E-state index is 12.8. The number of piperidine rings is 1. The molecule has 0 aliphatic carbocycles. The summed E-state index contributed by atoms with van der Waals surface area (Å²) in [6.45, 7) is 3.68. The van der Waals surface area contributed by atoms with Crippen LogP contribution in [-0.2, 0) is 16.6 Å². The summed E-state index contributed by atoms with van der Waals surface area (Å²) < 4.78 is 28.9. The molecule has 168 valence electrons. The molecule has 7 nitrogen and oxygen atoms in total. The summed E-state index contributed by atoms with van der Waals surface area (Å²) in [5.74, 6) is 0.226. The van der Waals surface area contributed by atoms with Gasteiger partial charge in [-0.2, -0.15) is 9.40 Å². The first-order valence-electron chi connectivity index (χ1n) is 10.5. The van der Waals surface area contributed by atoms with E-state index in [0.29, 0.717) is 41.8 Å². The third-order valence-electron chi connectivity index (χ3n) is 5.68. The summed E-state index contributed by atoms with van der Waals surface area (Å²) in [6, 6.07) is 13.7. The highest BCUT2D eigenvalue weighted by atomic mass is 35.5. The molecule has 4 rings (SSSR count). The predicted octanol–water partition coefficient (Wildman–Crippen LogP) is 4.26. The first kappa shape index (κ1) is 22.5. The molecule has 1 amide bonds. The molecule has 1 aromatic heterocycles. The van der Waals surface area contributed by atoms with Crippen molar-refractivity contribution in [3.8, 4) is 0 Å². The van der Waals surface area contributed by atoms with Gasteiger partial charge in [-0.3, -0.25) is 9.48 Å². The number of nitrogens with zero attached hydrogens (tertiary/aromatic N) is 3. The van der Waals surface area contributed by atoms with Gasteiger partial charge in [0.1, 0.15) is 0 Å². The number of rotatable bonds is 6. The summed E-state index contributed by atoms with van der Waals surface area (Å²) in [5, 5.41) is 7.66. The first-order chi connectivity index (χ1) is 15.3. The number of sulfonamides is 1. The number of hydrogen-bond donors (Lipinski definition) is 1. The number of anilines is 1. The third-order valence-corrected chi connectivity index (χ3v) is 7.96. The highest BCUT2D eigenvalue weighted by Gasteiger charge is 2.28. The van der Waals surface area contributed by atoms with Crippen molar-refractivity contribution in [3.05, 3.63) is 77.1 Å². The Bertz CT molecular complexity index is 1200. The number of carbonyl (C=O) groups is 1. The molecule has 2 aromatic carbocycles. The number of hydrogen-bond acceptors (Lipinski definition) is 4. The quantitative estimate of drug-likeness (QED) is 0.581. The Labute approximate surface area is 193 Å². The summed E-state index contributed by atoms with van der Waals surface area (Å²) in [5.41, 5.74) is 1.82. The van der Waals surface area contributed by atoms with Crippen molar-refractivity contribution in [2.75, 3.05) is 18.4 Å². The minimum atomic E-state index is -3.52. The van der Waals surface area contributed by atoms with E-state index in [1.165, 1.54) is 22.6 Å². The van der Waals surface area contributed by atoms with Gasteiger partial charge < -0.3 is 5.32 Å². The zero-order chi connectivity index (χ0) is 22.7. The van der Waals surface area contributed by atoms with Gasteiger partial charge in [-0.1, -0.05) is 36.7 Å². The van der Waals surface area contributed by atoms with Crippen LogP contribution in [0, 0.1) is 5.92 Å². The van der Waals surface area contributed by atoms with Crippen molar-refractivity contribution in [2.45, 2.75) is 31.2 Å². The number of amides is 1. The van der Waals surface area contributed by atoms with Gasteiger partial charge in [0.05, 0.1) is 23.2 Å². The van der Waals surface area contributed by atoms with Crippen LogP contribution < -0.4 is 5.32 Å². The van der Waals surface area contributed by atoms with Crippen LogP contribution in [0.1, 0.15) is 35.7 Å². The van der Waals surface area contributed by atoms with Gasteiger partial charge in [0.2, 0.25) is 10.0 Å². The van der Waals surface area contributed by atoms with E-state index in [1.54, 1.807) is 23.0 Å². The second kappa shape index (κ2) is 9.44. The summed E-state index contributed by atoms with van der Waals surface area (Å²) >= 11 is 6.19. The fourth-order valence-corrected chi connectivity index (χ4v) is 5.32. The van der Waals surface area contributed by atoms with Crippen LogP contribution in [0.15, 0.2) is 65.8 Å². The van der Waals surface area contributed by atoms with E-state index in [1.807, 2.05) is 24.3 Å². The van der Waals surface area contributed by atoms with Crippen LogP contribution in [0.2, 0.25) is 5.02 Å². The van der Waals surface area contributed by atoms with Crippen molar-refractivity contribution >= 4 is 33.2 Å². The van der Waals surface area contributed by atoms with Crippen molar-refractivity contribution < 1.29 is 13.2 Å². The van der Waals surface area contributed by atoms with Crippen molar-refractivity contribution in [3.63, 3.8) is 0 Å². The Morgan fingerprint density at radius 2 is 1.81 bits per heavy atom. The molecule has 32 heavy (non-hydrogen) atoms. The topological polar surface area (TPSA) is 84.3 Å². The van der Waals surface area contributed by atoms with E-state index >= 15 is 0 Å². The minimum absolute atomic E-state index is 0.234. The maximum Gasteiger partial charge on any atom is 0.258 e. The standard InChI is InChI=1S/C23H25ClN4O3S/c1-17-10-12-28(13-11-17)32(30,31)21-8-6-20(7-9-21)26-23(29)19-14-25-27(16-19)15-18-4-2-3-5-22(18)24/h2-9,14,16-17H,10-13,15H2,1H3,(H,26,29). The SMILES string of the molecule is CC1CCN(S(=O)(=O)c2ccc(NC(=O)c3cnn(Cc4ccccc4Cl)c3)cc2)CC1. The fourth-order valence-electron chi connectivity index (χ4n) is 3.66. The lowest BCUT2D eigenvalue weighted by atomic mass is 10.0. The van der Waals surface area contributed by atoms with E-state index in [9.17, 15) is 13.2 Å². The molecule has 2 heterocycles. The van der Waals surface area contributed by atoms with Gasteiger partial charge in [-0.05, 0) is 54.7 Å². The van der Waals surface area contributed by atoms with Crippen LogP contribution in [0.4, 0.5) is 5.69 Å². The molecule has 0 radical (unpaired) electrons. The van der Waals surface area contributed by atoms with Gasteiger partial charge >= 0.3 is 0 Å². The molecular weight excluding hydrogens is 448 g/mol. The molecule has 0 spiro atoms. The van der Waals surface area contributed by atoms with Crippen molar-refractivity contribution in [2.24, 2.45) is 5.92 Å². The molecule has 1 saturated heterocycles. The van der Waals surface area contributed by atoms with Gasteiger partial charge in [-0.25, -0.2) is 8.42 Å². The van der Waals surface area contributed by atoms with Crippen molar-refractivity contribution in [1.29, 1.82) is 0 Å². The normalized spacial score (nSPS) is 15.6. The highest BCUT2D eigenvalue weighted by molar-refractivity contribution is 7.89. The number of carbonyl (C=O) groups excluding carboxylic acids is 1. The number of nitrogens with one attached hydrogen (secondary N) is 1. The van der Waals surface area contributed by atoms with E-state index in [4.69, 9.17) is 11.6 Å². The molecule has 0 saturated carbocycles. The van der Waals surface area contributed by atoms with Crippen LogP contribution in [0.25, 0.3) is 0 Å². The zero-order valence-electron chi connectivity index (χ0n) is 17.7. The second-order valence-corrected chi connectivity index (χ2v) is 10.4. The van der Waals surface area contributed by atoms with Crippen LogP contribution in [0.3, 0.4) is 0 Å².